The van der Waals surface area contributed by atoms with E-state index in [-0.39, 0.29) is 21.8 Å². The normalized spacial score (nSPS) is 24.3. The van der Waals surface area contributed by atoms with E-state index in [4.69, 9.17) is 23.2 Å². The summed E-state index contributed by atoms with van der Waals surface area (Å²) >= 11 is 12.6. The van der Waals surface area contributed by atoms with Crippen molar-refractivity contribution in [2.24, 2.45) is 0 Å². The predicted molar refractivity (Wildman–Crippen MR) is 131 cm³/mol. The minimum absolute atomic E-state index is 0.0376. The van der Waals surface area contributed by atoms with Crippen molar-refractivity contribution < 1.29 is 33.2 Å². The maximum absolute atomic E-state index is 14.0. The van der Waals surface area contributed by atoms with Crippen molar-refractivity contribution in [2.45, 2.75) is 49.7 Å². The average Bonchev–Trinajstić information content (AvgIpc) is 2.78. The molecule has 1 aliphatic heterocycles. The number of hydrogen-bond acceptors (Lipinski definition) is 5. The second-order valence-corrected chi connectivity index (χ2v) is 11.7. The molecule has 4 atom stereocenters. The molecule has 13 heteroatoms. The van der Waals surface area contributed by atoms with Crippen LogP contribution in [0.4, 0.5) is 5.69 Å². The highest BCUT2D eigenvalue weighted by Crippen LogP contribution is 2.48. The zero-order valence-corrected chi connectivity index (χ0v) is 21.4. The largest absolute Gasteiger partial charge is 0.481 e. The second-order valence-electron chi connectivity index (χ2n) is 9.03. The van der Waals surface area contributed by atoms with Gasteiger partial charge in [-0.1, -0.05) is 42.1 Å². The van der Waals surface area contributed by atoms with Gasteiger partial charge in [0.15, 0.2) is 0 Å². The number of hydrogen-bond donors (Lipinski definition) is 3. The zero-order valence-electron chi connectivity index (χ0n) is 19.1. The Balaban J connectivity index is 1.97. The average molecular weight is 557 g/mol. The fraction of sp³-hybridized carbons (Fsp3) is 0.391. The molecule has 0 saturated heterocycles. The molecular weight excluding hydrogens is 533 g/mol. The highest BCUT2D eigenvalue weighted by atomic mass is 35.5. The Morgan fingerprint density at radius 1 is 1.11 bits per heavy atom. The first-order valence-electron chi connectivity index (χ1n) is 11.2. The molecule has 1 amide bonds. The summed E-state index contributed by atoms with van der Waals surface area (Å²) in [4.78, 5) is 39.3. The van der Waals surface area contributed by atoms with Gasteiger partial charge in [0.1, 0.15) is 5.92 Å². The number of carboxylic acids is 1. The van der Waals surface area contributed by atoms with Crippen LogP contribution >= 0.6 is 23.2 Å². The molecule has 3 N–H and O–H groups in total. The molecule has 1 saturated carbocycles. The van der Waals surface area contributed by atoms with Gasteiger partial charge >= 0.3 is 11.7 Å². The summed E-state index contributed by atoms with van der Waals surface area (Å²) < 4.78 is 26.9. The lowest BCUT2D eigenvalue weighted by atomic mass is 9.76. The number of carbonyl (C=O) groups is 2. The first-order chi connectivity index (χ1) is 16.9. The van der Waals surface area contributed by atoms with E-state index in [1.54, 1.807) is 0 Å². The van der Waals surface area contributed by atoms with E-state index in [0.717, 1.165) is 12.7 Å². The molecule has 192 valence electrons. The highest BCUT2D eigenvalue weighted by Gasteiger charge is 2.50. The van der Waals surface area contributed by atoms with Gasteiger partial charge in [-0.15, -0.1) is 0 Å². The van der Waals surface area contributed by atoms with Gasteiger partial charge in [-0.25, -0.2) is 18.3 Å². The van der Waals surface area contributed by atoms with Gasteiger partial charge < -0.3 is 10.0 Å². The summed E-state index contributed by atoms with van der Waals surface area (Å²) in [5.41, 5.74) is 0.148. The number of carbonyl (C=O) groups excluding carboxylic acids is 1. The quantitative estimate of drug-likeness (QED) is 0.455. The first-order valence-corrected chi connectivity index (χ1v) is 13.8. The molecule has 4 rings (SSSR count). The summed E-state index contributed by atoms with van der Waals surface area (Å²) in [7, 11) is -3.63. The Bertz CT molecular complexity index is 1350. The molecule has 1 aliphatic carbocycles. The van der Waals surface area contributed by atoms with E-state index < -0.39 is 50.9 Å². The van der Waals surface area contributed by atoms with Crippen LogP contribution in [-0.4, -0.2) is 58.8 Å². The van der Waals surface area contributed by atoms with E-state index in [1.807, 2.05) is 0 Å². The van der Waals surface area contributed by atoms with Gasteiger partial charge in [-0.3, -0.25) is 9.59 Å². The number of rotatable bonds is 6. The summed E-state index contributed by atoms with van der Waals surface area (Å²) in [6.07, 6.45) is 3.37. The van der Waals surface area contributed by atoms with Crippen LogP contribution in [0.15, 0.2) is 36.4 Å². The third-order valence-electron chi connectivity index (χ3n) is 6.67. The molecule has 1 heterocycles. The van der Waals surface area contributed by atoms with E-state index in [1.165, 1.54) is 41.3 Å². The van der Waals surface area contributed by atoms with Crippen molar-refractivity contribution in [2.75, 3.05) is 6.26 Å². The maximum atomic E-state index is 14.0. The smallest absolute Gasteiger partial charge is 0.316 e. The topological polar surface area (TPSA) is 144 Å². The molecule has 2 aromatic rings. The van der Waals surface area contributed by atoms with Crippen LogP contribution in [0.2, 0.25) is 10.0 Å². The number of nitrogens with one attached hydrogen (secondary N) is 1. The van der Waals surface area contributed by atoms with Crippen molar-refractivity contribution in [3.05, 3.63) is 68.0 Å². The van der Waals surface area contributed by atoms with E-state index in [2.05, 4.69) is 4.72 Å². The van der Waals surface area contributed by atoms with Crippen LogP contribution in [0.25, 0.3) is 0 Å². The molecule has 1 fully saturated rings. The number of aliphatic carboxylic acids is 1. The summed E-state index contributed by atoms with van der Waals surface area (Å²) in [6, 6.07) is 5.71. The molecule has 2 aromatic carbocycles. The van der Waals surface area contributed by atoms with Crippen molar-refractivity contribution in [1.82, 2.24) is 9.62 Å². The standard InChI is InChI=1S/C23H23Cl2N3O7S/c1-36(34,35)26-18-4-2-3-5-19(18)27-21(15-8-6-12(24)10-17(15)25)20(23(30)31)16-11-13(28(32)33)7-9-14(16)22(27)29/h6-11,18-21,26H,2-5H2,1H3,(H-,30,31,32,33)/p+1/t18-,19-,20+,21-/m0/s1. The molecule has 10 nitrogen and oxygen atoms in total. The Hall–Kier alpha value is -2.73. The van der Waals surface area contributed by atoms with Crippen LogP contribution in [0, 0.1) is 4.91 Å². The minimum atomic E-state index is -3.63. The number of amides is 1. The SMILES string of the molecule is CS(=O)(=O)N[C@H]1CCCC[C@@H]1N1C(=O)c2ccc([N+](=O)O)cc2[C@@H](C(=O)O)[C@@H]1c1ccc(Cl)cc1Cl. The van der Waals surface area contributed by atoms with Gasteiger partial charge in [0.05, 0.1) is 17.2 Å². The van der Waals surface area contributed by atoms with E-state index in [9.17, 15) is 33.2 Å². The Morgan fingerprint density at radius 3 is 2.42 bits per heavy atom. The summed E-state index contributed by atoms with van der Waals surface area (Å²) in [5, 5.41) is 20.2. The fourth-order valence-corrected chi connectivity index (χ4v) is 6.61. The first kappa shape index (κ1) is 26.3. The number of carboxylic acid groups (broad SMARTS) is 1. The number of sulfonamides is 1. The lowest BCUT2D eigenvalue weighted by molar-refractivity contribution is -0.729. The van der Waals surface area contributed by atoms with Gasteiger partial charge in [-0.05, 0) is 42.2 Å². The summed E-state index contributed by atoms with van der Waals surface area (Å²) in [6.45, 7) is 0. The summed E-state index contributed by atoms with van der Waals surface area (Å²) in [5.74, 6) is -3.20. The van der Waals surface area contributed by atoms with E-state index in [0.29, 0.717) is 29.8 Å². The number of halogens is 2. The van der Waals surface area contributed by atoms with Crippen LogP contribution in [0.5, 0.6) is 0 Å². The third-order valence-corrected chi connectivity index (χ3v) is 7.96. The number of nitrogens with zero attached hydrogens (tertiary/aromatic N) is 2. The van der Waals surface area contributed by atoms with Crippen molar-refractivity contribution in [3.8, 4) is 0 Å². The third kappa shape index (κ3) is 5.06. The molecule has 0 aromatic heterocycles. The monoisotopic (exact) mass is 556 g/mol. The molecule has 0 radical (unpaired) electrons. The van der Waals surface area contributed by atoms with Crippen molar-refractivity contribution in [3.63, 3.8) is 0 Å². The molecule has 0 spiro atoms. The molecular formula is C23H24Cl2N3O7S+. The lowest BCUT2D eigenvalue weighted by Crippen LogP contribution is -2.58. The Kier molecular flexibility index (Phi) is 7.29. The van der Waals surface area contributed by atoms with Crippen LogP contribution in [0.1, 0.15) is 59.1 Å². The number of fused-ring (bicyclic) bond motifs is 1. The van der Waals surface area contributed by atoms with Crippen LogP contribution < -0.4 is 4.72 Å². The molecule has 36 heavy (non-hydrogen) atoms. The fourth-order valence-electron chi connectivity index (χ4n) is 5.27. The zero-order chi connectivity index (χ0) is 26.4. The molecule has 0 unspecified atom stereocenters. The van der Waals surface area contributed by atoms with Crippen molar-refractivity contribution in [1.29, 1.82) is 0 Å². The predicted octanol–water partition coefficient (Wildman–Crippen LogP) is 4.02. The maximum Gasteiger partial charge on any atom is 0.316 e. The second kappa shape index (κ2) is 9.97. The van der Waals surface area contributed by atoms with E-state index >= 15 is 0 Å². The minimum Gasteiger partial charge on any atom is -0.481 e. The highest BCUT2D eigenvalue weighted by molar-refractivity contribution is 7.88. The molecule has 0 bridgehead atoms. The number of benzene rings is 2. The lowest BCUT2D eigenvalue weighted by Gasteiger charge is -2.48. The Labute approximate surface area is 217 Å². The van der Waals surface area contributed by atoms with Gasteiger partial charge in [0.2, 0.25) is 10.0 Å². The van der Waals surface area contributed by atoms with Crippen molar-refractivity contribution >= 4 is 50.8 Å². The van der Waals surface area contributed by atoms with Crippen LogP contribution in [-0.2, 0) is 14.8 Å². The molecule has 2 aliphatic rings. The van der Waals surface area contributed by atoms with Crippen LogP contribution in [0.3, 0.4) is 0 Å². The van der Waals surface area contributed by atoms with Gasteiger partial charge in [0.25, 0.3) is 10.8 Å². The Morgan fingerprint density at radius 2 is 1.81 bits per heavy atom. The van der Waals surface area contributed by atoms with Gasteiger partial charge in [-0.2, -0.15) is 0 Å². The van der Waals surface area contributed by atoms with Gasteiger partial charge in [0, 0.05) is 39.8 Å².